The van der Waals surface area contributed by atoms with E-state index in [1.807, 2.05) is 0 Å². The molecule has 1 aliphatic rings. The Kier molecular flexibility index (Phi) is 6.79. The zero-order valence-electron chi connectivity index (χ0n) is 15.3. The summed E-state index contributed by atoms with van der Waals surface area (Å²) in [5.41, 5.74) is 2.42. The number of rotatable bonds is 6. The molecule has 0 aliphatic carbocycles. The average molecular weight is 335 g/mol. The minimum Gasteiger partial charge on any atom is -0.469 e. The Balaban J connectivity index is 2.35. The molecule has 3 nitrogen and oxygen atoms in total. The van der Waals surface area contributed by atoms with Gasteiger partial charge in [-0.1, -0.05) is 36.8 Å². The van der Waals surface area contributed by atoms with Gasteiger partial charge in [0, 0.05) is 24.5 Å². The van der Waals surface area contributed by atoms with Crippen molar-refractivity contribution < 1.29 is 13.9 Å². The van der Waals surface area contributed by atoms with Gasteiger partial charge in [-0.25, -0.2) is 0 Å². The monoisotopic (exact) mass is 335 g/mol. The van der Waals surface area contributed by atoms with Crippen LogP contribution >= 0.6 is 0 Å². The second kappa shape index (κ2) is 8.61. The first-order chi connectivity index (χ1) is 11.5. The fraction of sp³-hybridized carbons (Fsp3) is 0.650. The third-order valence-corrected chi connectivity index (χ3v) is 5.38. The van der Waals surface area contributed by atoms with E-state index in [0.29, 0.717) is 19.0 Å². The van der Waals surface area contributed by atoms with Gasteiger partial charge in [0.25, 0.3) is 0 Å². The Labute approximate surface area is 145 Å². The van der Waals surface area contributed by atoms with Gasteiger partial charge in [-0.05, 0) is 38.7 Å². The number of piperidine rings is 1. The summed E-state index contributed by atoms with van der Waals surface area (Å²) in [6.45, 7) is 6.75. The van der Waals surface area contributed by atoms with Crippen LogP contribution in [0.2, 0.25) is 0 Å². The molecule has 0 bridgehead atoms. The van der Waals surface area contributed by atoms with Crippen LogP contribution in [0, 0.1) is 12.8 Å². The molecule has 0 aromatic heterocycles. The molecule has 24 heavy (non-hydrogen) atoms. The molecule has 1 fully saturated rings. The van der Waals surface area contributed by atoms with Crippen LogP contribution in [-0.4, -0.2) is 43.3 Å². The van der Waals surface area contributed by atoms with Gasteiger partial charge in [0.2, 0.25) is 0 Å². The number of halogens is 1. The number of carbonyl (C=O) groups excluding carboxylic acids is 1. The van der Waals surface area contributed by atoms with Crippen LogP contribution in [0.1, 0.15) is 50.2 Å². The van der Waals surface area contributed by atoms with Crippen molar-refractivity contribution in [2.75, 3.05) is 20.3 Å². The second-order valence-corrected chi connectivity index (χ2v) is 6.91. The van der Waals surface area contributed by atoms with E-state index in [1.165, 1.54) is 18.2 Å². The number of hydrogen-bond acceptors (Lipinski definition) is 3. The van der Waals surface area contributed by atoms with Crippen LogP contribution < -0.4 is 0 Å². The van der Waals surface area contributed by atoms with Crippen molar-refractivity contribution in [3.8, 4) is 0 Å². The normalized spacial score (nSPS) is 27.9. The van der Waals surface area contributed by atoms with E-state index < -0.39 is 0 Å². The Morgan fingerprint density at radius 2 is 2.00 bits per heavy atom. The maximum absolute atomic E-state index is 12.7. The number of benzene rings is 1. The number of likely N-dealkylation sites (tertiary alicyclic amines) is 1. The lowest BCUT2D eigenvalue weighted by molar-refractivity contribution is -0.152. The molecule has 1 aliphatic heterocycles. The summed E-state index contributed by atoms with van der Waals surface area (Å²) >= 11 is 0. The van der Waals surface area contributed by atoms with Crippen molar-refractivity contribution >= 4 is 5.97 Å². The smallest absolute Gasteiger partial charge is 0.310 e. The highest BCUT2D eigenvalue weighted by molar-refractivity contribution is 5.75. The van der Waals surface area contributed by atoms with Crippen molar-refractivity contribution in [1.82, 2.24) is 4.90 Å². The molecular formula is C20H30FNO2. The molecule has 0 amide bonds. The number of methoxy groups -OCH3 is 1. The topological polar surface area (TPSA) is 29.5 Å². The van der Waals surface area contributed by atoms with Crippen LogP contribution in [-0.2, 0) is 9.53 Å². The number of alkyl halides is 1. The standard InChI is InChI=1S/C20H30FNO2/c1-5-18-19(20(23)24-4)17(16-9-7-14(2)8-10-16)13-15(3)22(18)12-6-11-21/h7-10,15,17-19H,5-6,11-13H2,1-4H3/t15-,17?,18+,19-/m0/s1. The quantitative estimate of drug-likeness (QED) is 0.733. The lowest BCUT2D eigenvalue weighted by atomic mass is 9.72. The fourth-order valence-electron chi connectivity index (χ4n) is 4.18. The van der Waals surface area contributed by atoms with Gasteiger partial charge in [0.05, 0.1) is 19.7 Å². The number of carbonyl (C=O) groups is 1. The molecule has 4 heteroatoms. The minimum absolute atomic E-state index is 0.0963. The third kappa shape index (κ3) is 3.97. The van der Waals surface area contributed by atoms with Crippen molar-refractivity contribution in [2.24, 2.45) is 5.92 Å². The van der Waals surface area contributed by atoms with E-state index in [2.05, 4.69) is 49.9 Å². The molecule has 4 atom stereocenters. The van der Waals surface area contributed by atoms with E-state index in [9.17, 15) is 9.18 Å². The highest BCUT2D eigenvalue weighted by atomic mass is 19.1. The maximum Gasteiger partial charge on any atom is 0.310 e. The summed E-state index contributed by atoms with van der Waals surface area (Å²) in [5.74, 6) is -0.192. The Hall–Kier alpha value is -1.42. The largest absolute Gasteiger partial charge is 0.469 e. The van der Waals surface area contributed by atoms with Crippen molar-refractivity contribution in [1.29, 1.82) is 0 Å². The lowest BCUT2D eigenvalue weighted by Crippen LogP contribution is -2.55. The van der Waals surface area contributed by atoms with Crippen LogP contribution in [0.5, 0.6) is 0 Å². The number of esters is 1. The van der Waals surface area contributed by atoms with E-state index in [4.69, 9.17) is 4.74 Å². The fourth-order valence-corrected chi connectivity index (χ4v) is 4.18. The molecule has 0 radical (unpaired) electrons. The Bertz CT molecular complexity index is 531. The molecule has 134 valence electrons. The second-order valence-electron chi connectivity index (χ2n) is 6.91. The molecule has 0 N–H and O–H groups in total. The van der Waals surface area contributed by atoms with Crippen LogP contribution in [0.4, 0.5) is 4.39 Å². The molecule has 1 saturated heterocycles. The average Bonchev–Trinajstić information content (AvgIpc) is 2.59. The SMILES string of the molecule is CC[C@@H]1[C@@H](C(=O)OC)C(c2ccc(C)cc2)C[C@H](C)N1CCCF. The molecule has 0 saturated carbocycles. The lowest BCUT2D eigenvalue weighted by Gasteiger charge is -2.48. The van der Waals surface area contributed by atoms with Crippen molar-refractivity contribution in [3.63, 3.8) is 0 Å². The zero-order valence-corrected chi connectivity index (χ0v) is 15.3. The third-order valence-electron chi connectivity index (χ3n) is 5.38. The van der Waals surface area contributed by atoms with Gasteiger partial charge in [0.15, 0.2) is 0 Å². The van der Waals surface area contributed by atoms with E-state index in [0.717, 1.165) is 12.8 Å². The van der Waals surface area contributed by atoms with Gasteiger partial charge >= 0.3 is 5.97 Å². The first-order valence-corrected chi connectivity index (χ1v) is 8.99. The number of nitrogens with zero attached hydrogens (tertiary/aromatic N) is 1. The number of aryl methyl sites for hydroxylation is 1. The van der Waals surface area contributed by atoms with Crippen LogP contribution in [0.15, 0.2) is 24.3 Å². The van der Waals surface area contributed by atoms with Crippen molar-refractivity contribution in [3.05, 3.63) is 35.4 Å². The summed E-state index contributed by atoms with van der Waals surface area (Å²) in [5, 5.41) is 0. The van der Waals surface area contributed by atoms with Crippen LogP contribution in [0.25, 0.3) is 0 Å². The van der Waals surface area contributed by atoms with Crippen LogP contribution in [0.3, 0.4) is 0 Å². The first kappa shape index (κ1) is 18.9. The summed E-state index contributed by atoms with van der Waals surface area (Å²) in [7, 11) is 1.46. The molecule has 1 aromatic carbocycles. The minimum atomic E-state index is -0.316. The summed E-state index contributed by atoms with van der Waals surface area (Å²) in [4.78, 5) is 14.9. The Morgan fingerprint density at radius 3 is 2.54 bits per heavy atom. The van der Waals surface area contributed by atoms with Crippen molar-refractivity contribution in [2.45, 2.75) is 58.0 Å². The molecule has 1 unspecified atom stereocenters. The predicted molar refractivity (Wildman–Crippen MR) is 94.9 cm³/mol. The highest BCUT2D eigenvalue weighted by Crippen LogP contribution is 2.41. The predicted octanol–water partition coefficient (Wildman–Crippen LogP) is 4.10. The molecule has 0 spiro atoms. The van der Waals surface area contributed by atoms with E-state index in [1.54, 1.807) is 0 Å². The molecule has 2 rings (SSSR count). The number of hydrogen-bond donors (Lipinski definition) is 0. The maximum atomic E-state index is 12.7. The van der Waals surface area contributed by atoms with Gasteiger partial charge in [-0.3, -0.25) is 14.1 Å². The summed E-state index contributed by atoms with van der Waals surface area (Å²) in [6.07, 6.45) is 2.27. The van der Waals surface area contributed by atoms with Gasteiger partial charge in [-0.15, -0.1) is 0 Å². The van der Waals surface area contributed by atoms with Gasteiger partial charge in [-0.2, -0.15) is 0 Å². The molecule has 1 aromatic rings. The van der Waals surface area contributed by atoms with Gasteiger partial charge in [0.1, 0.15) is 0 Å². The molecule has 1 heterocycles. The summed E-state index contributed by atoms with van der Waals surface area (Å²) < 4.78 is 17.8. The molecular weight excluding hydrogens is 305 g/mol. The van der Waals surface area contributed by atoms with E-state index >= 15 is 0 Å². The highest BCUT2D eigenvalue weighted by Gasteiger charge is 2.45. The van der Waals surface area contributed by atoms with E-state index in [-0.39, 0.29) is 30.5 Å². The summed E-state index contributed by atoms with van der Waals surface area (Å²) in [6, 6.07) is 8.89. The van der Waals surface area contributed by atoms with Gasteiger partial charge < -0.3 is 4.74 Å². The first-order valence-electron chi connectivity index (χ1n) is 8.99. The Morgan fingerprint density at radius 1 is 1.33 bits per heavy atom. The number of ether oxygens (including phenoxy) is 1. The zero-order chi connectivity index (χ0) is 17.7.